The van der Waals surface area contributed by atoms with Gasteiger partial charge < -0.3 is 5.32 Å². The molecule has 1 aromatic rings. The standard InChI is InChI=1S/C12H17N3O4S/c1-13-10-6-7-11(15(16)17)12(8-10)20(18,19)14-9-4-2-3-5-9/h6-9,13-14H,2-5H2,1H3. The van der Waals surface area contributed by atoms with E-state index < -0.39 is 20.6 Å². The van der Waals surface area contributed by atoms with Crippen LogP contribution >= 0.6 is 0 Å². The molecule has 0 saturated heterocycles. The zero-order valence-corrected chi connectivity index (χ0v) is 11.9. The molecular weight excluding hydrogens is 282 g/mol. The van der Waals surface area contributed by atoms with Gasteiger partial charge >= 0.3 is 0 Å². The van der Waals surface area contributed by atoms with E-state index in [1.165, 1.54) is 18.2 Å². The van der Waals surface area contributed by atoms with Crippen molar-refractivity contribution in [1.29, 1.82) is 0 Å². The number of benzene rings is 1. The van der Waals surface area contributed by atoms with E-state index in [2.05, 4.69) is 10.0 Å². The summed E-state index contributed by atoms with van der Waals surface area (Å²) in [5.74, 6) is 0. The number of nitro groups is 1. The molecule has 0 unspecified atom stereocenters. The van der Waals surface area contributed by atoms with Gasteiger partial charge in [-0.1, -0.05) is 12.8 Å². The van der Waals surface area contributed by atoms with Gasteiger partial charge in [0.25, 0.3) is 5.69 Å². The minimum Gasteiger partial charge on any atom is -0.388 e. The fourth-order valence-electron chi connectivity index (χ4n) is 2.36. The lowest BCUT2D eigenvalue weighted by Crippen LogP contribution is -2.33. The van der Waals surface area contributed by atoms with E-state index in [0.717, 1.165) is 25.7 Å². The molecule has 8 heteroatoms. The Hall–Kier alpha value is -1.67. The largest absolute Gasteiger partial charge is 0.388 e. The maximum atomic E-state index is 12.3. The first-order valence-electron chi connectivity index (χ1n) is 6.42. The van der Waals surface area contributed by atoms with Gasteiger partial charge in [-0.05, 0) is 25.0 Å². The van der Waals surface area contributed by atoms with Crippen LogP contribution in [0, 0.1) is 10.1 Å². The number of nitrogens with zero attached hydrogens (tertiary/aromatic N) is 1. The van der Waals surface area contributed by atoms with E-state index in [1.807, 2.05) is 0 Å². The molecule has 2 N–H and O–H groups in total. The number of hydrogen-bond acceptors (Lipinski definition) is 5. The molecule has 1 saturated carbocycles. The first-order valence-corrected chi connectivity index (χ1v) is 7.91. The van der Waals surface area contributed by atoms with Crippen molar-refractivity contribution in [3.8, 4) is 0 Å². The molecule has 1 fully saturated rings. The van der Waals surface area contributed by atoms with Gasteiger partial charge in [-0.3, -0.25) is 10.1 Å². The number of nitro benzene ring substituents is 1. The van der Waals surface area contributed by atoms with Crippen LogP contribution in [0.1, 0.15) is 25.7 Å². The maximum Gasteiger partial charge on any atom is 0.289 e. The fourth-order valence-corrected chi connectivity index (χ4v) is 3.86. The van der Waals surface area contributed by atoms with Crippen molar-refractivity contribution >= 4 is 21.4 Å². The molecule has 0 bridgehead atoms. The van der Waals surface area contributed by atoms with Crippen molar-refractivity contribution in [2.24, 2.45) is 0 Å². The molecule has 1 aliphatic rings. The number of hydrogen-bond donors (Lipinski definition) is 2. The maximum absolute atomic E-state index is 12.3. The molecule has 0 aliphatic heterocycles. The van der Waals surface area contributed by atoms with E-state index in [-0.39, 0.29) is 10.9 Å². The van der Waals surface area contributed by atoms with Gasteiger partial charge in [-0.15, -0.1) is 0 Å². The van der Waals surface area contributed by atoms with Crippen LogP contribution in [0.2, 0.25) is 0 Å². The first kappa shape index (κ1) is 14.7. The Kier molecular flexibility index (Phi) is 4.24. The highest BCUT2D eigenvalue weighted by Gasteiger charge is 2.29. The van der Waals surface area contributed by atoms with E-state index >= 15 is 0 Å². The van der Waals surface area contributed by atoms with E-state index in [9.17, 15) is 18.5 Å². The third kappa shape index (κ3) is 3.07. The number of nitrogens with one attached hydrogen (secondary N) is 2. The van der Waals surface area contributed by atoms with Gasteiger partial charge in [-0.25, -0.2) is 13.1 Å². The Morgan fingerprint density at radius 3 is 2.50 bits per heavy atom. The SMILES string of the molecule is CNc1ccc([N+](=O)[O-])c(S(=O)(=O)NC2CCCC2)c1. The zero-order chi connectivity index (χ0) is 14.8. The second-order valence-electron chi connectivity index (χ2n) is 4.79. The van der Waals surface area contributed by atoms with Crippen molar-refractivity contribution in [2.75, 3.05) is 12.4 Å². The molecule has 1 aliphatic carbocycles. The molecule has 0 amide bonds. The highest BCUT2D eigenvalue weighted by atomic mass is 32.2. The highest BCUT2D eigenvalue weighted by molar-refractivity contribution is 7.89. The summed E-state index contributed by atoms with van der Waals surface area (Å²) in [6.07, 6.45) is 3.51. The first-order chi connectivity index (χ1) is 9.44. The van der Waals surface area contributed by atoms with Crippen LogP contribution in [0.4, 0.5) is 11.4 Å². The lowest BCUT2D eigenvalue weighted by Gasteiger charge is -2.13. The predicted octanol–water partition coefficient (Wildman–Crippen LogP) is 1.86. The Bertz CT molecular complexity index is 609. The van der Waals surface area contributed by atoms with E-state index in [0.29, 0.717) is 5.69 Å². The van der Waals surface area contributed by atoms with Crippen molar-refractivity contribution in [3.63, 3.8) is 0 Å². The van der Waals surface area contributed by atoms with Crippen molar-refractivity contribution in [3.05, 3.63) is 28.3 Å². The molecular formula is C12H17N3O4S. The number of rotatable bonds is 5. The Balaban J connectivity index is 2.39. The monoisotopic (exact) mass is 299 g/mol. The summed E-state index contributed by atoms with van der Waals surface area (Å²) in [5.41, 5.74) is 0.108. The molecule has 0 aromatic heterocycles. The normalized spacial score (nSPS) is 16.2. The predicted molar refractivity (Wildman–Crippen MR) is 75.2 cm³/mol. The van der Waals surface area contributed by atoms with Gasteiger partial charge in [0.05, 0.1) is 4.92 Å². The molecule has 2 rings (SSSR count). The van der Waals surface area contributed by atoms with Crippen molar-refractivity contribution < 1.29 is 13.3 Å². The third-order valence-corrected chi connectivity index (χ3v) is 4.96. The average molecular weight is 299 g/mol. The minimum atomic E-state index is -3.88. The second-order valence-corrected chi connectivity index (χ2v) is 6.47. The average Bonchev–Trinajstić information content (AvgIpc) is 2.90. The molecule has 110 valence electrons. The van der Waals surface area contributed by atoms with Crippen LogP contribution < -0.4 is 10.0 Å². The quantitative estimate of drug-likeness (QED) is 0.638. The van der Waals surface area contributed by atoms with Crippen LogP contribution in [-0.2, 0) is 10.0 Å². The van der Waals surface area contributed by atoms with Crippen LogP contribution in [0.5, 0.6) is 0 Å². The molecule has 0 spiro atoms. The number of sulfonamides is 1. The topological polar surface area (TPSA) is 101 Å². The molecule has 0 atom stereocenters. The lowest BCUT2D eigenvalue weighted by atomic mass is 10.3. The molecule has 20 heavy (non-hydrogen) atoms. The summed E-state index contributed by atoms with van der Waals surface area (Å²) in [4.78, 5) is 10.0. The minimum absolute atomic E-state index is 0.127. The molecule has 0 radical (unpaired) electrons. The van der Waals surface area contributed by atoms with Crippen molar-refractivity contribution in [1.82, 2.24) is 4.72 Å². The second kappa shape index (κ2) is 5.76. The smallest absolute Gasteiger partial charge is 0.289 e. The Morgan fingerprint density at radius 1 is 1.30 bits per heavy atom. The summed E-state index contributed by atoms with van der Waals surface area (Å²) < 4.78 is 27.2. The fraction of sp³-hybridized carbons (Fsp3) is 0.500. The van der Waals surface area contributed by atoms with Crippen LogP contribution in [0.3, 0.4) is 0 Å². The highest BCUT2D eigenvalue weighted by Crippen LogP contribution is 2.28. The van der Waals surface area contributed by atoms with Gasteiger partial charge in [0, 0.05) is 24.8 Å². The molecule has 7 nitrogen and oxygen atoms in total. The summed E-state index contributed by atoms with van der Waals surface area (Å²) in [5, 5.41) is 13.8. The lowest BCUT2D eigenvalue weighted by molar-refractivity contribution is -0.387. The summed E-state index contributed by atoms with van der Waals surface area (Å²) in [6.45, 7) is 0. The Labute approximate surface area is 117 Å². The summed E-state index contributed by atoms with van der Waals surface area (Å²) >= 11 is 0. The summed E-state index contributed by atoms with van der Waals surface area (Å²) in [7, 11) is -2.26. The zero-order valence-electron chi connectivity index (χ0n) is 11.1. The van der Waals surface area contributed by atoms with Gasteiger partial charge in [0.2, 0.25) is 10.0 Å². The number of anilines is 1. The van der Waals surface area contributed by atoms with E-state index in [4.69, 9.17) is 0 Å². The van der Waals surface area contributed by atoms with Gasteiger partial charge in [0.1, 0.15) is 0 Å². The van der Waals surface area contributed by atoms with Crippen LogP contribution in [-0.4, -0.2) is 26.4 Å². The van der Waals surface area contributed by atoms with Gasteiger partial charge in [0.15, 0.2) is 4.90 Å². The Morgan fingerprint density at radius 2 is 1.95 bits per heavy atom. The summed E-state index contributed by atoms with van der Waals surface area (Å²) in [6, 6.07) is 3.84. The van der Waals surface area contributed by atoms with E-state index in [1.54, 1.807) is 7.05 Å². The third-order valence-electron chi connectivity index (χ3n) is 3.41. The molecule has 1 aromatic carbocycles. The molecule has 0 heterocycles. The van der Waals surface area contributed by atoms with Crippen molar-refractivity contribution in [2.45, 2.75) is 36.6 Å². The van der Waals surface area contributed by atoms with Crippen LogP contribution in [0.25, 0.3) is 0 Å². The van der Waals surface area contributed by atoms with Crippen LogP contribution in [0.15, 0.2) is 23.1 Å². The van der Waals surface area contributed by atoms with Gasteiger partial charge in [-0.2, -0.15) is 0 Å².